The monoisotopic (exact) mass is 220 g/mol. The van der Waals surface area contributed by atoms with Gasteiger partial charge in [-0.25, -0.2) is 4.39 Å². The van der Waals surface area contributed by atoms with Crippen molar-refractivity contribution in [1.82, 2.24) is 5.32 Å². The number of halogens is 1. The SMILES string of the molecule is CC#CCNCc1ccc(N(C)C)c(F)c1. The van der Waals surface area contributed by atoms with E-state index in [1.807, 2.05) is 20.2 Å². The fraction of sp³-hybridized carbons (Fsp3) is 0.385. The zero-order chi connectivity index (χ0) is 12.0. The zero-order valence-electron chi connectivity index (χ0n) is 9.97. The molecule has 1 aromatic rings. The molecule has 86 valence electrons. The van der Waals surface area contributed by atoms with E-state index >= 15 is 0 Å². The summed E-state index contributed by atoms with van der Waals surface area (Å²) in [5.74, 6) is 5.51. The fourth-order valence-corrected chi connectivity index (χ4v) is 1.38. The molecule has 0 aliphatic heterocycles. The molecule has 0 unspecified atom stereocenters. The minimum absolute atomic E-state index is 0.189. The largest absolute Gasteiger partial charge is 0.375 e. The van der Waals surface area contributed by atoms with Crippen LogP contribution in [0.15, 0.2) is 18.2 Å². The lowest BCUT2D eigenvalue weighted by Crippen LogP contribution is -2.14. The van der Waals surface area contributed by atoms with Crippen molar-refractivity contribution in [2.24, 2.45) is 0 Å². The van der Waals surface area contributed by atoms with Crippen molar-refractivity contribution in [2.45, 2.75) is 13.5 Å². The van der Waals surface area contributed by atoms with Gasteiger partial charge in [-0.05, 0) is 24.6 Å². The number of anilines is 1. The van der Waals surface area contributed by atoms with Crippen LogP contribution in [-0.2, 0) is 6.54 Å². The molecular formula is C13H17FN2. The quantitative estimate of drug-likeness (QED) is 0.617. The Balaban J connectivity index is 2.61. The average molecular weight is 220 g/mol. The van der Waals surface area contributed by atoms with Crippen LogP contribution in [0.4, 0.5) is 10.1 Å². The highest BCUT2D eigenvalue weighted by Gasteiger charge is 2.04. The Morgan fingerprint density at radius 1 is 1.38 bits per heavy atom. The van der Waals surface area contributed by atoms with Crippen molar-refractivity contribution in [3.05, 3.63) is 29.6 Å². The summed E-state index contributed by atoms with van der Waals surface area (Å²) in [5, 5.41) is 3.12. The molecule has 0 fully saturated rings. The molecule has 3 heteroatoms. The molecule has 0 aromatic heterocycles. The number of benzene rings is 1. The van der Waals surface area contributed by atoms with Crippen molar-refractivity contribution < 1.29 is 4.39 Å². The van der Waals surface area contributed by atoms with E-state index in [2.05, 4.69) is 17.2 Å². The second-order valence-electron chi connectivity index (χ2n) is 3.71. The Morgan fingerprint density at radius 2 is 2.12 bits per heavy atom. The Labute approximate surface area is 96.5 Å². The Bertz CT molecular complexity index is 402. The maximum Gasteiger partial charge on any atom is 0.146 e. The van der Waals surface area contributed by atoms with Crippen molar-refractivity contribution in [3.63, 3.8) is 0 Å². The van der Waals surface area contributed by atoms with Gasteiger partial charge in [-0.1, -0.05) is 12.0 Å². The number of nitrogens with one attached hydrogen (secondary N) is 1. The zero-order valence-corrected chi connectivity index (χ0v) is 9.97. The molecule has 16 heavy (non-hydrogen) atoms. The van der Waals surface area contributed by atoms with Crippen LogP contribution in [0.1, 0.15) is 12.5 Å². The molecule has 0 heterocycles. The maximum atomic E-state index is 13.6. The lowest BCUT2D eigenvalue weighted by atomic mass is 10.2. The molecule has 0 aliphatic rings. The molecule has 0 spiro atoms. The van der Waals surface area contributed by atoms with E-state index < -0.39 is 0 Å². The third-order valence-corrected chi connectivity index (χ3v) is 2.21. The third-order valence-electron chi connectivity index (χ3n) is 2.21. The lowest BCUT2D eigenvalue weighted by Gasteiger charge is -2.14. The van der Waals surface area contributed by atoms with E-state index in [1.54, 1.807) is 24.0 Å². The van der Waals surface area contributed by atoms with Crippen molar-refractivity contribution >= 4 is 5.69 Å². The molecule has 1 rings (SSSR count). The van der Waals surface area contributed by atoms with Crippen molar-refractivity contribution in [1.29, 1.82) is 0 Å². The van der Waals surface area contributed by atoms with Crippen molar-refractivity contribution in [2.75, 3.05) is 25.5 Å². The molecule has 2 nitrogen and oxygen atoms in total. The molecule has 0 saturated carbocycles. The summed E-state index contributed by atoms with van der Waals surface area (Å²) < 4.78 is 13.6. The van der Waals surface area contributed by atoms with Gasteiger partial charge in [0.25, 0.3) is 0 Å². The van der Waals surface area contributed by atoms with Crippen LogP contribution in [0.3, 0.4) is 0 Å². The molecule has 0 atom stereocenters. The van der Waals surface area contributed by atoms with Gasteiger partial charge in [0.15, 0.2) is 0 Å². The number of hydrogen-bond donors (Lipinski definition) is 1. The molecule has 0 bridgehead atoms. The molecule has 0 saturated heterocycles. The van der Waals surface area contributed by atoms with Gasteiger partial charge in [-0.3, -0.25) is 0 Å². The first-order valence-corrected chi connectivity index (χ1v) is 5.21. The van der Waals surface area contributed by atoms with Crippen molar-refractivity contribution in [3.8, 4) is 11.8 Å². The third kappa shape index (κ3) is 3.56. The van der Waals surface area contributed by atoms with E-state index in [4.69, 9.17) is 0 Å². The summed E-state index contributed by atoms with van der Waals surface area (Å²) in [6, 6.07) is 5.27. The van der Waals surface area contributed by atoms with Gasteiger partial charge in [-0.15, -0.1) is 5.92 Å². The van der Waals surface area contributed by atoms with Crippen LogP contribution >= 0.6 is 0 Å². The van der Waals surface area contributed by atoms with E-state index in [9.17, 15) is 4.39 Å². The second kappa shape index (κ2) is 6.14. The highest BCUT2D eigenvalue weighted by atomic mass is 19.1. The summed E-state index contributed by atoms with van der Waals surface area (Å²) in [5.41, 5.74) is 1.54. The molecule has 0 radical (unpaired) electrons. The highest BCUT2D eigenvalue weighted by Crippen LogP contribution is 2.17. The van der Waals surface area contributed by atoms with Gasteiger partial charge >= 0.3 is 0 Å². The van der Waals surface area contributed by atoms with Crippen LogP contribution in [0.5, 0.6) is 0 Å². The minimum Gasteiger partial charge on any atom is -0.375 e. The Hall–Kier alpha value is -1.53. The predicted molar refractivity (Wildman–Crippen MR) is 65.9 cm³/mol. The van der Waals surface area contributed by atoms with Crippen LogP contribution in [0.25, 0.3) is 0 Å². The topological polar surface area (TPSA) is 15.3 Å². The Morgan fingerprint density at radius 3 is 2.69 bits per heavy atom. The fourth-order valence-electron chi connectivity index (χ4n) is 1.38. The normalized spacial score (nSPS) is 9.50. The van der Waals surface area contributed by atoms with Crippen LogP contribution in [0, 0.1) is 17.7 Å². The first kappa shape index (κ1) is 12.5. The first-order chi connectivity index (χ1) is 7.65. The minimum atomic E-state index is -0.189. The van der Waals surface area contributed by atoms with Gasteiger partial charge in [0.05, 0.1) is 12.2 Å². The highest BCUT2D eigenvalue weighted by molar-refractivity contribution is 5.47. The van der Waals surface area contributed by atoms with Crippen LogP contribution in [0.2, 0.25) is 0 Å². The van der Waals surface area contributed by atoms with E-state index in [0.717, 1.165) is 5.56 Å². The number of rotatable bonds is 4. The summed E-state index contributed by atoms with van der Waals surface area (Å²) in [6.07, 6.45) is 0. The van der Waals surface area contributed by atoms with Gasteiger partial charge in [-0.2, -0.15) is 0 Å². The van der Waals surface area contributed by atoms with Crippen LogP contribution < -0.4 is 10.2 Å². The summed E-state index contributed by atoms with van der Waals surface area (Å²) in [4.78, 5) is 1.76. The van der Waals surface area contributed by atoms with E-state index in [-0.39, 0.29) is 5.82 Å². The van der Waals surface area contributed by atoms with Gasteiger partial charge < -0.3 is 10.2 Å². The smallest absolute Gasteiger partial charge is 0.146 e. The number of hydrogen-bond acceptors (Lipinski definition) is 2. The van der Waals surface area contributed by atoms with Crippen LogP contribution in [-0.4, -0.2) is 20.6 Å². The summed E-state index contributed by atoms with van der Waals surface area (Å²) in [7, 11) is 3.65. The average Bonchev–Trinajstić information content (AvgIpc) is 2.24. The molecule has 0 amide bonds. The maximum absolute atomic E-state index is 13.6. The van der Waals surface area contributed by atoms with Gasteiger partial charge in [0.1, 0.15) is 5.82 Å². The molecule has 1 N–H and O–H groups in total. The summed E-state index contributed by atoms with van der Waals surface area (Å²) in [6.45, 7) is 3.07. The van der Waals surface area contributed by atoms with E-state index in [0.29, 0.717) is 18.8 Å². The predicted octanol–water partition coefficient (Wildman–Crippen LogP) is 2.00. The Kier molecular flexibility index (Phi) is 4.81. The molecule has 1 aromatic carbocycles. The van der Waals surface area contributed by atoms with Gasteiger partial charge in [0, 0.05) is 20.6 Å². The standard InChI is InChI=1S/C13H17FN2/c1-4-5-8-15-10-11-6-7-13(16(2)3)12(14)9-11/h6-7,9,15H,8,10H2,1-3H3. The lowest BCUT2D eigenvalue weighted by molar-refractivity contribution is 0.621. The van der Waals surface area contributed by atoms with E-state index in [1.165, 1.54) is 0 Å². The van der Waals surface area contributed by atoms with Gasteiger partial charge in [0.2, 0.25) is 0 Å². The first-order valence-electron chi connectivity index (χ1n) is 5.21. The summed E-state index contributed by atoms with van der Waals surface area (Å²) >= 11 is 0. The number of nitrogens with zero attached hydrogens (tertiary/aromatic N) is 1. The molecule has 0 aliphatic carbocycles. The molecular weight excluding hydrogens is 203 g/mol. The second-order valence-corrected chi connectivity index (χ2v) is 3.71.